The van der Waals surface area contributed by atoms with Gasteiger partial charge < -0.3 is 117 Å². The lowest BCUT2D eigenvalue weighted by Gasteiger charge is -2.22. The van der Waals surface area contributed by atoms with Crippen molar-refractivity contribution >= 4 is 76.7 Å². The van der Waals surface area contributed by atoms with E-state index in [1.54, 1.807) is 147 Å². The molecule has 4 aromatic carbocycles. The van der Waals surface area contributed by atoms with Gasteiger partial charge in [0.15, 0.2) is 18.1 Å². The number of nitrogens with two attached hydrogens (primary N) is 4. The number of rotatable bonds is 24. The standard InChI is InChI=1S/C18H24N4O6.C17H22N4O6.C15H20F2N2O6.C15H22FN3O4/c1-9-6-14(12(19)7-11(9)15-22-21-10(2)27-15)26-8-13(16(23)24)20-17(25)28-18(3,4)5;1-9-19-14(21-27-9)10-5-6-13(11(18)7-10)25-8-12(15(22)23)20-16(24)26-17(2,3)4;1-15(2,3)25-14(22)19-10(12(20)21)7-23-11-5-4-8(6-9(11)18)24-13(16)17;1-8-5-9(16)12(17)10(6-8)18-7-11(13(20)21)19-14(22)23-15(2,3)4/h6-7,13H,8,19H2,1-5H3,(H,20,25)(H,23,24);5-7,12H,8,18H2,1-4H3,(H,20,24)(H,22,23);4-6,10,13H,7,18H2,1-3H3,(H,19,22)(H,20,21);5-6,11,18H,7,17H2,1-4H3,(H,19,22)(H,20,21)/t13-;12-;10-;11-/m0000/s1. The van der Waals surface area contributed by atoms with Crippen molar-refractivity contribution in [2.75, 3.05) is 54.6 Å². The van der Waals surface area contributed by atoms with Crippen LogP contribution < -0.4 is 68.5 Å². The molecule has 0 saturated heterocycles. The number of hydrogen-bond acceptors (Lipinski definition) is 27. The van der Waals surface area contributed by atoms with E-state index in [0.29, 0.717) is 40.2 Å². The molecule has 6 rings (SSSR count). The number of alkyl carbamates (subject to hydrolysis) is 4. The molecule has 6 aromatic rings. The van der Waals surface area contributed by atoms with E-state index in [2.05, 4.69) is 51.7 Å². The van der Waals surface area contributed by atoms with Gasteiger partial charge in [-0.2, -0.15) is 13.8 Å². The first kappa shape index (κ1) is 85.3. The highest BCUT2D eigenvalue weighted by molar-refractivity contribution is 5.83. The van der Waals surface area contributed by atoms with E-state index in [4.69, 9.17) is 75.2 Å². The van der Waals surface area contributed by atoms with Crippen molar-refractivity contribution in [3.63, 3.8) is 0 Å². The monoisotopic (exact) mass is 1460 g/mol. The normalized spacial score (nSPS) is 12.3. The first-order chi connectivity index (χ1) is 47.5. The van der Waals surface area contributed by atoms with Crippen LogP contribution in [0.15, 0.2) is 69.6 Å². The molecule has 0 bridgehead atoms. The molecule has 35 nitrogen and oxygen atoms in total. The highest BCUT2D eigenvalue weighted by atomic mass is 19.3. The van der Waals surface area contributed by atoms with Gasteiger partial charge in [0.25, 0.3) is 0 Å². The number of carboxylic acids is 4. The number of hydrogen-bond donors (Lipinski definition) is 13. The molecule has 103 heavy (non-hydrogen) atoms. The molecule has 4 atom stereocenters. The van der Waals surface area contributed by atoms with E-state index >= 15 is 0 Å². The maximum atomic E-state index is 13.5. The van der Waals surface area contributed by atoms with Gasteiger partial charge in [0.2, 0.25) is 23.5 Å². The topological polar surface area (TPSA) is 533 Å². The second-order valence-electron chi connectivity index (χ2n) is 26.0. The van der Waals surface area contributed by atoms with Crippen LogP contribution in [0.1, 0.15) is 106 Å². The fourth-order valence-corrected chi connectivity index (χ4v) is 7.68. The lowest BCUT2D eigenvalue weighted by Crippen LogP contribution is -2.47. The molecule has 0 radical (unpaired) electrons. The van der Waals surface area contributed by atoms with Crippen molar-refractivity contribution in [1.82, 2.24) is 41.6 Å². The van der Waals surface area contributed by atoms with Crippen LogP contribution >= 0.6 is 0 Å². The molecular formula is C65H88F3N13O22. The van der Waals surface area contributed by atoms with E-state index in [1.807, 2.05) is 0 Å². The average molecular weight is 1460 g/mol. The molecule has 2 heterocycles. The van der Waals surface area contributed by atoms with Crippen LogP contribution in [0.4, 0.5) is 60.8 Å². The smallest absolute Gasteiger partial charge is 0.408 e. The number of aryl methyl sites for hydroxylation is 4. The number of anilines is 5. The first-order valence-corrected chi connectivity index (χ1v) is 30.8. The number of nitrogens with one attached hydrogen (secondary N) is 5. The van der Waals surface area contributed by atoms with E-state index < -0.39 is 114 Å². The summed E-state index contributed by atoms with van der Waals surface area (Å²) in [7, 11) is 0. The quantitative estimate of drug-likeness (QED) is 0.0199. The summed E-state index contributed by atoms with van der Waals surface area (Å²) in [6.07, 6.45) is -3.48. The Morgan fingerprint density at radius 1 is 0.524 bits per heavy atom. The number of amides is 4. The number of benzene rings is 4. The number of nitrogen functional groups attached to an aromatic ring is 4. The van der Waals surface area contributed by atoms with E-state index in [1.165, 1.54) is 18.2 Å². The van der Waals surface area contributed by atoms with Gasteiger partial charge in [-0.15, -0.1) is 10.2 Å². The number of aliphatic carboxylic acids is 4. The van der Waals surface area contributed by atoms with Gasteiger partial charge in [0.1, 0.15) is 77.1 Å². The van der Waals surface area contributed by atoms with Crippen molar-refractivity contribution < 1.29 is 119 Å². The minimum atomic E-state index is -3.00. The Kier molecular flexibility index (Phi) is 31.1. The summed E-state index contributed by atoms with van der Waals surface area (Å²) >= 11 is 0. The van der Waals surface area contributed by atoms with Gasteiger partial charge in [-0.05, 0) is 163 Å². The number of aromatic nitrogens is 4. The fourth-order valence-electron chi connectivity index (χ4n) is 7.68. The summed E-state index contributed by atoms with van der Waals surface area (Å²) in [6, 6.07) is 9.18. The van der Waals surface area contributed by atoms with Gasteiger partial charge in [-0.1, -0.05) is 5.16 Å². The summed E-state index contributed by atoms with van der Waals surface area (Å²) in [5.41, 5.74) is 23.4. The van der Waals surface area contributed by atoms with Crippen LogP contribution in [0.5, 0.6) is 23.0 Å². The Labute approximate surface area is 589 Å². The Morgan fingerprint density at radius 3 is 1.32 bits per heavy atom. The average Bonchev–Trinajstić information content (AvgIpc) is 1.80. The lowest BCUT2D eigenvalue weighted by molar-refractivity contribution is -0.141. The Hall–Kier alpha value is -11.9. The minimum absolute atomic E-state index is 0.0282. The highest BCUT2D eigenvalue weighted by Crippen LogP contribution is 2.33. The van der Waals surface area contributed by atoms with Crippen LogP contribution in [0.3, 0.4) is 0 Å². The number of alkyl halides is 2. The Balaban J connectivity index is 0.000000358. The van der Waals surface area contributed by atoms with Gasteiger partial charge in [0, 0.05) is 37.6 Å². The van der Waals surface area contributed by atoms with Crippen molar-refractivity contribution in [3.8, 4) is 45.8 Å². The Morgan fingerprint density at radius 2 is 0.942 bits per heavy atom. The molecule has 0 aliphatic carbocycles. The maximum Gasteiger partial charge on any atom is 0.408 e. The van der Waals surface area contributed by atoms with Gasteiger partial charge in [0.05, 0.1) is 28.4 Å². The maximum absolute atomic E-state index is 13.5. The molecule has 38 heteroatoms. The predicted molar refractivity (Wildman–Crippen MR) is 364 cm³/mol. The molecule has 0 unspecified atom stereocenters. The molecule has 2 aromatic heterocycles. The van der Waals surface area contributed by atoms with E-state index in [-0.39, 0.29) is 71.2 Å². The predicted octanol–water partition coefficient (Wildman–Crippen LogP) is 8.61. The van der Waals surface area contributed by atoms with Gasteiger partial charge >= 0.3 is 54.9 Å². The molecule has 17 N–H and O–H groups in total. The summed E-state index contributed by atoms with van der Waals surface area (Å²) in [6.45, 7) is 22.4. The first-order valence-electron chi connectivity index (χ1n) is 30.8. The number of ether oxygens (including phenoxy) is 8. The van der Waals surface area contributed by atoms with E-state index in [0.717, 1.165) is 11.6 Å². The van der Waals surface area contributed by atoms with Gasteiger partial charge in [-0.25, -0.2) is 42.7 Å². The molecule has 0 aliphatic heterocycles. The third-order valence-electron chi connectivity index (χ3n) is 12.1. The van der Waals surface area contributed by atoms with Crippen molar-refractivity contribution in [2.24, 2.45) is 0 Å². The van der Waals surface area contributed by atoms with Crippen LogP contribution in [0.2, 0.25) is 0 Å². The molecule has 0 aliphatic rings. The molecule has 4 amide bonds. The summed E-state index contributed by atoms with van der Waals surface area (Å²) < 4.78 is 88.6. The number of carbonyl (C=O) groups is 8. The molecule has 0 fully saturated rings. The zero-order valence-corrected chi connectivity index (χ0v) is 59.4. The minimum Gasteiger partial charge on any atom is -0.489 e. The second-order valence-corrected chi connectivity index (χ2v) is 26.0. The van der Waals surface area contributed by atoms with Crippen LogP contribution in [-0.4, -0.2) is 169 Å². The van der Waals surface area contributed by atoms with Crippen molar-refractivity contribution in [2.45, 2.75) is 164 Å². The highest BCUT2D eigenvalue weighted by Gasteiger charge is 2.30. The lowest BCUT2D eigenvalue weighted by atomic mass is 10.1. The molecule has 0 saturated carbocycles. The summed E-state index contributed by atoms with van der Waals surface area (Å²) in [5.74, 6) is -3.77. The van der Waals surface area contributed by atoms with Crippen molar-refractivity contribution in [1.29, 1.82) is 0 Å². The van der Waals surface area contributed by atoms with Crippen LogP contribution in [0, 0.1) is 33.5 Å². The molecule has 0 spiro atoms. The number of carbonyl (C=O) groups excluding carboxylic acids is 4. The van der Waals surface area contributed by atoms with Crippen LogP contribution in [-0.2, 0) is 38.1 Å². The molecule has 566 valence electrons. The fraction of sp³-hybridized carbons (Fsp3) is 0.446. The van der Waals surface area contributed by atoms with Gasteiger partial charge in [-0.3, -0.25) is 0 Å². The Bertz CT molecular complexity index is 3900. The molecular weight excluding hydrogens is 1370 g/mol. The van der Waals surface area contributed by atoms with Crippen LogP contribution in [0.25, 0.3) is 22.8 Å². The number of carboxylic acid groups (broad SMARTS) is 4. The number of nitrogens with zero attached hydrogens (tertiary/aromatic N) is 4. The van der Waals surface area contributed by atoms with E-state index in [9.17, 15) is 61.7 Å². The van der Waals surface area contributed by atoms with Crippen molar-refractivity contribution in [3.05, 3.63) is 89.4 Å². The SMILES string of the molecule is CC(C)(C)OC(=O)N[C@@H](COc1ccc(OC(F)F)cc1N)C(=O)O.Cc1cc(F)c(N)c(NC[C@H](NC(=O)OC(C)(C)C)C(=O)O)c1.Cc1nc(-c2ccc(OC[C@H](NC(=O)OC(C)(C)C)C(=O)O)c(N)c2)no1.Cc1nnc(-c2cc(N)c(OC[C@H](NC(=O)OC(C)(C)C)C(=O)O)cc2C)o1. The third-order valence-corrected chi connectivity index (χ3v) is 12.1. The largest absolute Gasteiger partial charge is 0.489 e. The summed E-state index contributed by atoms with van der Waals surface area (Å²) in [5, 5.41) is 60.0. The second kappa shape index (κ2) is 37.5. The summed E-state index contributed by atoms with van der Waals surface area (Å²) in [4.78, 5) is 96.1. The zero-order chi connectivity index (χ0) is 78.2. The number of halogens is 3. The third kappa shape index (κ3) is 31.9. The zero-order valence-electron chi connectivity index (χ0n) is 59.4.